The van der Waals surface area contributed by atoms with E-state index in [0.717, 1.165) is 45.5 Å². The molecular weight excluding hydrogens is 322 g/mol. The monoisotopic (exact) mass is 347 g/mol. The average Bonchev–Trinajstić information content (AvgIpc) is 3.17. The maximum absolute atomic E-state index is 8.99. The first-order chi connectivity index (χ1) is 11.7. The van der Waals surface area contributed by atoms with Crippen molar-refractivity contribution >= 4 is 11.3 Å². The van der Waals surface area contributed by atoms with E-state index in [4.69, 9.17) is 9.84 Å². The highest BCUT2D eigenvalue weighted by Crippen LogP contribution is 2.45. The Bertz CT molecular complexity index is 701. The Labute approximate surface area is 146 Å². The topological polar surface area (TPSA) is 50.5 Å². The summed E-state index contributed by atoms with van der Waals surface area (Å²) in [6, 6.07) is 2.35. The average molecular weight is 347 g/mol. The maximum Gasteiger partial charge on any atom is 0.105 e. The van der Waals surface area contributed by atoms with E-state index in [0.29, 0.717) is 6.54 Å². The second-order valence-corrected chi connectivity index (χ2v) is 8.17. The van der Waals surface area contributed by atoms with Crippen LogP contribution in [0.2, 0.25) is 0 Å². The second kappa shape index (κ2) is 6.59. The first kappa shape index (κ1) is 16.3. The fourth-order valence-corrected chi connectivity index (χ4v) is 5.24. The highest BCUT2D eigenvalue weighted by molar-refractivity contribution is 7.12. The lowest BCUT2D eigenvalue weighted by molar-refractivity contribution is -0.0960. The number of piperidine rings is 1. The van der Waals surface area contributed by atoms with Gasteiger partial charge in [-0.2, -0.15) is 5.10 Å². The smallest absolute Gasteiger partial charge is 0.105 e. The molecule has 4 rings (SSSR count). The molecule has 0 aliphatic carbocycles. The molecule has 1 N–H and O–H groups in total. The van der Waals surface area contributed by atoms with E-state index < -0.39 is 0 Å². The third-order valence-corrected chi connectivity index (χ3v) is 6.46. The van der Waals surface area contributed by atoms with E-state index >= 15 is 0 Å². The van der Waals surface area contributed by atoms with Crippen molar-refractivity contribution in [3.63, 3.8) is 0 Å². The summed E-state index contributed by atoms with van der Waals surface area (Å²) >= 11 is 1.93. The van der Waals surface area contributed by atoms with Crippen molar-refractivity contribution < 1.29 is 9.84 Å². The van der Waals surface area contributed by atoms with Crippen LogP contribution in [0.15, 0.2) is 18.5 Å². The molecule has 24 heavy (non-hydrogen) atoms. The predicted octanol–water partition coefficient (Wildman–Crippen LogP) is 2.31. The number of likely N-dealkylation sites (tertiary alicyclic amines) is 1. The number of hydrogen-bond acceptors (Lipinski definition) is 5. The van der Waals surface area contributed by atoms with Gasteiger partial charge in [-0.25, -0.2) is 0 Å². The van der Waals surface area contributed by atoms with E-state index in [1.807, 2.05) is 28.4 Å². The molecular formula is C18H25N3O2S. The van der Waals surface area contributed by atoms with Crippen LogP contribution in [0.5, 0.6) is 0 Å². The fourth-order valence-electron chi connectivity index (χ4n) is 3.97. The minimum absolute atomic E-state index is 0.0376. The molecule has 0 radical (unpaired) electrons. The van der Waals surface area contributed by atoms with Gasteiger partial charge < -0.3 is 9.84 Å². The van der Waals surface area contributed by atoms with Crippen molar-refractivity contribution in [3.8, 4) is 0 Å². The number of fused-ring (bicyclic) bond motifs is 2. The number of rotatable bonds is 4. The summed E-state index contributed by atoms with van der Waals surface area (Å²) in [4.78, 5) is 5.38. The van der Waals surface area contributed by atoms with E-state index in [1.54, 1.807) is 0 Å². The Morgan fingerprint density at radius 3 is 3.00 bits per heavy atom. The molecule has 6 heteroatoms. The van der Waals surface area contributed by atoms with Crippen LogP contribution >= 0.6 is 11.3 Å². The molecule has 1 fully saturated rings. The molecule has 1 saturated heterocycles. The maximum atomic E-state index is 8.99. The number of hydrogen-bond donors (Lipinski definition) is 1. The number of aliphatic hydroxyl groups excluding tert-OH is 1. The van der Waals surface area contributed by atoms with Crippen LogP contribution < -0.4 is 0 Å². The molecule has 2 aliphatic rings. The Morgan fingerprint density at radius 2 is 2.21 bits per heavy atom. The van der Waals surface area contributed by atoms with Gasteiger partial charge in [0, 0.05) is 41.1 Å². The molecule has 130 valence electrons. The Morgan fingerprint density at radius 1 is 1.38 bits per heavy atom. The Balaban J connectivity index is 1.41. The minimum atomic E-state index is -0.0376. The van der Waals surface area contributed by atoms with Crippen LogP contribution in [0.1, 0.15) is 33.7 Å². The lowest BCUT2D eigenvalue weighted by Crippen LogP contribution is -2.45. The van der Waals surface area contributed by atoms with Crippen molar-refractivity contribution in [2.75, 3.05) is 26.3 Å². The first-order valence-corrected chi connectivity index (χ1v) is 9.58. The van der Waals surface area contributed by atoms with E-state index in [9.17, 15) is 0 Å². The van der Waals surface area contributed by atoms with Gasteiger partial charge in [0.2, 0.25) is 0 Å². The molecule has 0 saturated carbocycles. The van der Waals surface area contributed by atoms with E-state index in [2.05, 4.69) is 23.0 Å². The van der Waals surface area contributed by atoms with Crippen LogP contribution in [0.3, 0.4) is 0 Å². The molecule has 0 amide bonds. The van der Waals surface area contributed by atoms with Gasteiger partial charge in [-0.15, -0.1) is 11.3 Å². The van der Waals surface area contributed by atoms with E-state index in [1.165, 1.54) is 20.9 Å². The largest absolute Gasteiger partial charge is 0.394 e. The molecule has 2 aliphatic heterocycles. The van der Waals surface area contributed by atoms with Crippen LogP contribution in [0, 0.1) is 6.92 Å². The quantitative estimate of drug-likeness (QED) is 0.922. The Kier molecular flexibility index (Phi) is 4.47. The molecule has 0 bridgehead atoms. The molecule has 2 aromatic rings. The second-order valence-electron chi connectivity index (χ2n) is 6.92. The first-order valence-electron chi connectivity index (χ1n) is 8.77. The summed E-state index contributed by atoms with van der Waals surface area (Å²) in [5, 5.41) is 13.3. The summed E-state index contributed by atoms with van der Waals surface area (Å²) < 4.78 is 8.13. The van der Waals surface area contributed by atoms with Gasteiger partial charge in [0.25, 0.3) is 0 Å². The molecule has 4 heterocycles. The van der Waals surface area contributed by atoms with Gasteiger partial charge >= 0.3 is 0 Å². The summed E-state index contributed by atoms with van der Waals surface area (Å²) in [6.07, 6.45) is 7.17. The molecule has 1 spiro atoms. The number of aryl methyl sites for hydroxylation is 1. The highest BCUT2D eigenvalue weighted by atomic mass is 32.1. The van der Waals surface area contributed by atoms with Gasteiger partial charge in [-0.3, -0.25) is 9.58 Å². The van der Waals surface area contributed by atoms with Gasteiger partial charge in [0.1, 0.15) is 5.60 Å². The van der Waals surface area contributed by atoms with E-state index in [-0.39, 0.29) is 12.2 Å². The number of nitrogens with zero attached hydrogens (tertiary/aromatic N) is 3. The van der Waals surface area contributed by atoms with Crippen molar-refractivity contribution in [2.45, 2.75) is 44.9 Å². The lowest BCUT2D eigenvalue weighted by atomic mass is 9.85. The van der Waals surface area contributed by atoms with Gasteiger partial charge in [0.15, 0.2) is 0 Å². The normalized spacial score (nSPS) is 20.4. The third-order valence-electron chi connectivity index (χ3n) is 5.18. The number of aromatic nitrogens is 2. The lowest BCUT2D eigenvalue weighted by Gasteiger charge is -2.43. The van der Waals surface area contributed by atoms with Crippen molar-refractivity contribution in [1.82, 2.24) is 14.7 Å². The van der Waals surface area contributed by atoms with Crippen molar-refractivity contribution in [1.29, 1.82) is 0 Å². The summed E-state index contributed by atoms with van der Waals surface area (Å²) in [5.74, 6) is 0. The van der Waals surface area contributed by atoms with Gasteiger partial charge in [-0.05, 0) is 37.8 Å². The van der Waals surface area contributed by atoms with Crippen molar-refractivity contribution in [2.24, 2.45) is 0 Å². The highest BCUT2D eigenvalue weighted by Gasteiger charge is 2.42. The van der Waals surface area contributed by atoms with Crippen LogP contribution in [-0.2, 0) is 29.8 Å². The fraction of sp³-hybridized carbons (Fsp3) is 0.611. The number of thiophene rings is 1. The predicted molar refractivity (Wildman–Crippen MR) is 94.2 cm³/mol. The molecule has 0 aromatic carbocycles. The molecule has 0 unspecified atom stereocenters. The summed E-state index contributed by atoms with van der Waals surface area (Å²) in [6.45, 7) is 6.80. The summed E-state index contributed by atoms with van der Waals surface area (Å²) in [7, 11) is 0. The van der Waals surface area contributed by atoms with Crippen molar-refractivity contribution in [3.05, 3.63) is 39.3 Å². The van der Waals surface area contributed by atoms with Crippen LogP contribution in [0.25, 0.3) is 0 Å². The zero-order chi connectivity index (χ0) is 16.6. The number of aliphatic hydroxyl groups is 1. The molecule has 0 atom stereocenters. The third kappa shape index (κ3) is 3.04. The minimum Gasteiger partial charge on any atom is -0.394 e. The van der Waals surface area contributed by atoms with Gasteiger partial charge in [0.05, 0.1) is 26.0 Å². The zero-order valence-corrected chi connectivity index (χ0v) is 15.0. The molecule has 5 nitrogen and oxygen atoms in total. The molecule has 2 aromatic heterocycles. The zero-order valence-electron chi connectivity index (χ0n) is 14.2. The van der Waals surface area contributed by atoms with Crippen LogP contribution in [0.4, 0.5) is 0 Å². The summed E-state index contributed by atoms with van der Waals surface area (Å²) in [5.41, 5.74) is 2.70. The Hall–Kier alpha value is -1.21. The standard InChI is InChI=1S/C18H25N3O2S/c1-14-10-16-2-9-23-18(17(16)24-14)3-5-20(6-4-18)12-15-11-19-21(13-15)7-8-22/h10-11,13,22H,2-9,12H2,1H3. The van der Waals surface area contributed by atoms with Crippen LogP contribution in [-0.4, -0.2) is 46.1 Å². The number of ether oxygens (including phenoxy) is 1. The SMILES string of the molecule is Cc1cc2c(s1)C1(CCN(Cc3cnn(CCO)c3)CC1)OCC2. The van der Waals surface area contributed by atoms with Gasteiger partial charge in [-0.1, -0.05) is 0 Å².